The average Bonchev–Trinajstić information content (AvgIpc) is 3.32. The summed E-state index contributed by atoms with van der Waals surface area (Å²) in [6, 6.07) is 1.23. The van der Waals surface area contributed by atoms with E-state index in [0.717, 1.165) is 12.8 Å². The fourth-order valence-corrected chi connectivity index (χ4v) is 3.68. The molecule has 1 aromatic carbocycles. The summed E-state index contributed by atoms with van der Waals surface area (Å²) in [5, 5.41) is 19.6. The fraction of sp³-hybridized carbons (Fsp3) is 0.588. The monoisotopic (exact) mass is 357 g/mol. The molecule has 0 amide bonds. The van der Waals surface area contributed by atoms with Crippen molar-refractivity contribution >= 4 is 23.3 Å². The molecule has 0 aromatic heterocycles. The quantitative estimate of drug-likeness (QED) is 0.865. The third-order valence-corrected chi connectivity index (χ3v) is 4.91. The molecular weight excluding hydrogens is 337 g/mol. The number of anilines is 1. The highest BCUT2D eigenvalue weighted by molar-refractivity contribution is 6.34. The predicted molar refractivity (Wildman–Crippen MR) is 88.3 cm³/mol. The van der Waals surface area contributed by atoms with Crippen molar-refractivity contribution in [1.82, 2.24) is 0 Å². The number of carbonyl (C=O) groups is 1. The molecule has 1 aliphatic carbocycles. The fourth-order valence-electron chi connectivity index (χ4n) is 3.35. The number of aromatic carboxylic acids is 1. The molecule has 1 aliphatic heterocycles. The van der Waals surface area contributed by atoms with Gasteiger partial charge in [-0.25, -0.2) is 9.18 Å². The van der Waals surface area contributed by atoms with Crippen molar-refractivity contribution in [2.45, 2.75) is 45.0 Å². The van der Waals surface area contributed by atoms with Crippen LogP contribution >= 0.6 is 11.6 Å². The summed E-state index contributed by atoms with van der Waals surface area (Å²) in [5.74, 6) is -1.95. The summed E-state index contributed by atoms with van der Waals surface area (Å²) in [7, 11) is 0. The van der Waals surface area contributed by atoms with Crippen LogP contribution in [0, 0.1) is 11.7 Å². The molecular formula is C17H21ClFNO4. The van der Waals surface area contributed by atoms with Crippen LogP contribution in [0.2, 0.25) is 5.02 Å². The van der Waals surface area contributed by atoms with E-state index in [1.54, 1.807) is 4.90 Å². The first kappa shape index (κ1) is 17.5. The second kappa shape index (κ2) is 6.50. The SMILES string of the molecule is C[C@@H]1CN(c2c(C(=O)O)cc(C(O)C3CC3)c(F)c2Cl)C[C@H](C)O1. The van der Waals surface area contributed by atoms with E-state index in [4.69, 9.17) is 16.3 Å². The highest BCUT2D eigenvalue weighted by Crippen LogP contribution is 2.45. The molecule has 1 aromatic rings. The molecule has 2 fully saturated rings. The number of hydrogen-bond acceptors (Lipinski definition) is 4. The maximum absolute atomic E-state index is 14.8. The Bertz CT molecular complexity index is 654. The zero-order valence-corrected chi connectivity index (χ0v) is 14.4. The standard InChI is InChI=1S/C17H21ClFNO4/c1-8-6-20(7-9(2)24-8)15-12(17(22)23)5-11(14(19)13(15)18)16(21)10-3-4-10/h5,8-10,16,21H,3-4,6-7H2,1-2H3,(H,22,23)/t8-,9+,16?. The number of hydrogen-bond donors (Lipinski definition) is 2. The third-order valence-electron chi connectivity index (χ3n) is 4.56. The van der Waals surface area contributed by atoms with Crippen molar-refractivity contribution in [2.75, 3.05) is 18.0 Å². The second-order valence-electron chi connectivity index (χ2n) is 6.74. The zero-order valence-electron chi connectivity index (χ0n) is 13.6. The van der Waals surface area contributed by atoms with Crippen LogP contribution in [0.3, 0.4) is 0 Å². The Hall–Kier alpha value is -1.37. The number of aliphatic hydroxyl groups is 1. The van der Waals surface area contributed by atoms with Crippen molar-refractivity contribution in [1.29, 1.82) is 0 Å². The lowest BCUT2D eigenvalue weighted by Crippen LogP contribution is -2.46. The van der Waals surface area contributed by atoms with Crippen molar-refractivity contribution in [3.8, 4) is 0 Å². The minimum atomic E-state index is -1.19. The first-order valence-corrected chi connectivity index (χ1v) is 8.51. The molecule has 3 rings (SSSR count). The largest absolute Gasteiger partial charge is 0.478 e. The van der Waals surface area contributed by atoms with E-state index in [1.807, 2.05) is 13.8 Å². The molecule has 1 saturated heterocycles. The summed E-state index contributed by atoms with van der Waals surface area (Å²) >= 11 is 6.21. The molecule has 24 heavy (non-hydrogen) atoms. The minimum absolute atomic E-state index is 0.0218. The molecule has 0 radical (unpaired) electrons. The van der Waals surface area contributed by atoms with Crippen molar-refractivity contribution < 1.29 is 24.1 Å². The maximum Gasteiger partial charge on any atom is 0.337 e. The van der Waals surface area contributed by atoms with Crippen LogP contribution in [0.1, 0.15) is 48.7 Å². The number of benzene rings is 1. The van der Waals surface area contributed by atoms with E-state index in [9.17, 15) is 19.4 Å². The Labute approximate surface area is 145 Å². The maximum atomic E-state index is 14.8. The number of carboxylic acid groups (broad SMARTS) is 1. The Morgan fingerprint density at radius 1 is 1.38 bits per heavy atom. The molecule has 0 spiro atoms. The summed E-state index contributed by atoms with van der Waals surface area (Å²) < 4.78 is 20.4. The molecule has 1 heterocycles. The number of ether oxygens (including phenoxy) is 1. The lowest BCUT2D eigenvalue weighted by Gasteiger charge is -2.38. The Balaban J connectivity index is 2.07. The molecule has 1 unspecified atom stereocenters. The van der Waals surface area contributed by atoms with E-state index in [1.165, 1.54) is 6.07 Å². The van der Waals surface area contributed by atoms with E-state index in [2.05, 4.69) is 0 Å². The van der Waals surface area contributed by atoms with E-state index in [0.29, 0.717) is 13.1 Å². The number of nitrogens with zero attached hydrogens (tertiary/aromatic N) is 1. The molecule has 132 valence electrons. The first-order chi connectivity index (χ1) is 11.3. The van der Waals surface area contributed by atoms with Gasteiger partial charge < -0.3 is 19.8 Å². The van der Waals surface area contributed by atoms with Crippen LogP contribution in [0.15, 0.2) is 6.07 Å². The summed E-state index contributed by atoms with van der Waals surface area (Å²) in [6.45, 7) is 4.60. The van der Waals surface area contributed by atoms with Gasteiger partial charge in [-0.3, -0.25) is 0 Å². The van der Waals surface area contributed by atoms with Gasteiger partial charge in [0.05, 0.1) is 29.6 Å². The summed E-state index contributed by atoms with van der Waals surface area (Å²) in [6.07, 6.45) is 0.358. The van der Waals surface area contributed by atoms with Gasteiger partial charge in [-0.1, -0.05) is 11.6 Å². The van der Waals surface area contributed by atoms with E-state index < -0.39 is 17.9 Å². The topological polar surface area (TPSA) is 70.0 Å². The van der Waals surface area contributed by atoms with Gasteiger partial charge in [-0.2, -0.15) is 0 Å². The van der Waals surface area contributed by atoms with Crippen molar-refractivity contribution in [3.05, 3.63) is 28.0 Å². The predicted octanol–water partition coefficient (Wildman–Crippen LogP) is 3.23. The van der Waals surface area contributed by atoms with Crippen molar-refractivity contribution in [2.24, 2.45) is 5.92 Å². The molecule has 3 atom stereocenters. The summed E-state index contributed by atoms with van der Waals surface area (Å²) in [5.41, 5.74) is 0.0471. The highest BCUT2D eigenvalue weighted by atomic mass is 35.5. The second-order valence-corrected chi connectivity index (χ2v) is 7.12. The van der Waals surface area contributed by atoms with Gasteiger partial charge in [0.1, 0.15) is 10.8 Å². The van der Waals surface area contributed by atoms with Crippen LogP contribution in [-0.4, -0.2) is 41.5 Å². The van der Waals surface area contributed by atoms with Gasteiger partial charge in [0, 0.05) is 18.7 Å². The molecule has 5 nitrogen and oxygen atoms in total. The molecule has 1 saturated carbocycles. The Kier molecular flexibility index (Phi) is 4.73. The Morgan fingerprint density at radius 3 is 2.46 bits per heavy atom. The minimum Gasteiger partial charge on any atom is -0.478 e. The highest BCUT2D eigenvalue weighted by Gasteiger charge is 2.36. The number of aliphatic hydroxyl groups excluding tert-OH is 1. The van der Waals surface area contributed by atoms with Gasteiger partial charge >= 0.3 is 5.97 Å². The van der Waals surface area contributed by atoms with E-state index in [-0.39, 0.29) is 40.0 Å². The molecule has 2 aliphatic rings. The number of carboxylic acids is 1. The molecule has 2 N–H and O–H groups in total. The number of morpholine rings is 1. The van der Waals surface area contributed by atoms with Gasteiger partial charge in [0.25, 0.3) is 0 Å². The molecule has 7 heteroatoms. The van der Waals surface area contributed by atoms with Crippen LogP contribution in [-0.2, 0) is 4.74 Å². The summed E-state index contributed by atoms with van der Waals surface area (Å²) in [4.78, 5) is 13.5. The van der Waals surface area contributed by atoms with Crippen molar-refractivity contribution in [3.63, 3.8) is 0 Å². The normalized spacial score (nSPS) is 25.6. The number of rotatable bonds is 4. The van der Waals surface area contributed by atoms with Crippen LogP contribution < -0.4 is 4.90 Å². The van der Waals surface area contributed by atoms with Gasteiger partial charge in [-0.05, 0) is 38.7 Å². The van der Waals surface area contributed by atoms with Gasteiger partial charge in [0.2, 0.25) is 0 Å². The molecule has 0 bridgehead atoms. The Morgan fingerprint density at radius 2 is 1.96 bits per heavy atom. The lowest BCUT2D eigenvalue weighted by atomic mass is 9.99. The van der Waals surface area contributed by atoms with Gasteiger partial charge in [0.15, 0.2) is 0 Å². The van der Waals surface area contributed by atoms with Crippen LogP contribution in [0.25, 0.3) is 0 Å². The average molecular weight is 358 g/mol. The first-order valence-electron chi connectivity index (χ1n) is 8.13. The van der Waals surface area contributed by atoms with Crippen LogP contribution in [0.4, 0.5) is 10.1 Å². The van der Waals surface area contributed by atoms with Crippen LogP contribution in [0.5, 0.6) is 0 Å². The lowest BCUT2D eigenvalue weighted by molar-refractivity contribution is -0.00533. The number of halogens is 2. The smallest absolute Gasteiger partial charge is 0.337 e. The zero-order chi connectivity index (χ0) is 17.6. The van der Waals surface area contributed by atoms with E-state index >= 15 is 0 Å². The third kappa shape index (κ3) is 3.23. The van der Waals surface area contributed by atoms with Gasteiger partial charge in [-0.15, -0.1) is 0 Å².